The highest BCUT2D eigenvalue weighted by Crippen LogP contribution is 2.35. The highest BCUT2D eigenvalue weighted by Gasteiger charge is 2.41. The number of amides is 2. The van der Waals surface area contributed by atoms with Crippen LogP contribution in [0.1, 0.15) is 25.3 Å². The Morgan fingerprint density at radius 2 is 1.79 bits per heavy atom. The number of rotatable bonds is 5. The molecule has 2 aromatic carbocycles. The summed E-state index contributed by atoms with van der Waals surface area (Å²) in [4.78, 5) is 40.5. The molecule has 1 fully saturated rings. The zero-order valence-electron chi connectivity index (χ0n) is 19.0. The van der Waals surface area contributed by atoms with Gasteiger partial charge in [-0.05, 0) is 30.7 Å². The van der Waals surface area contributed by atoms with Crippen LogP contribution in [0.2, 0.25) is 0 Å². The van der Waals surface area contributed by atoms with Gasteiger partial charge in [-0.25, -0.2) is 9.38 Å². The van der Waals surface area contributed by atoms with Crippen LogP contribution in [-0.4, -0.2) is 70.6 Å². The molecule has 3 aliphatic rings. The maximum Gasteiger partial charge on any atom is 0.270 e. The number of benzene rings is 2. The van der Waals surface area contributed by atoms with Crippen LogP contribution in [0, 0.1) is 5.82 Å². The minimum absolute atomic E-state index is 0.01000. The molecule has 0 saturated carbocycles. The zero-order valence-corrected chi connectivity index (χ0v) is 19.8. The number of hydrogen-bond acceptors (Lipinski definition) is 6. The second kappa shape index (κ2) is 9.58. The van der Waals surface area contributed by atoms with E-state index in [0.29, 0.717) is 49.3 Å². The van der Waals surface area contributed by atoms with Crippen molar-refractivity contribution >= 4 is 46.0 Å². The first kappa shape index (κ1) is 22.6. The molecule has 0 radical (unpaired) electrons. The fourth-order valence-electron chi connectivity index (χ4n) is 4.57. The van der Waals surface area contributed by atoms with E-state index < -0.39 is 0 Å². The predicted octanol–water partition coefficient (Wildman–Crippen LogP) is 3.67. The highest BCUT2D eigenvalue weighted by atomic mass is 32.2. The number of anilines is 1. The Kier molecular flexibility index (Phi) is 6.36. The van der Waals surface area contributed by atoms with Gasteiger partial charge in [-0.3, -0.25) is 14.5 Å². The number of amidine groups is 2. The van der Waals surface area contributed by atoms with Crippen LogP contribution in [0.3, 0.4) is 0 Å². The molecule has 9 heteroatoms. The Morgan fingerprint density at radius 1 is 1.06 bits per heavy atom. The molecule has 34 heavy (non-hydrogen) atoms. The lowest BCUT2D eigenvalue weighted by molar-refractivity contribution is -0.128. The van der Waals surface area contributed by atoms with Crippen LogP contribution in [0.5, 0.6) is 0 Å². The number of carbonyl (C=O) groups is 2. The van der Waals surface area contributed by atoms with Gasteiger partial charge >= 0.3 is 0 Å². The van der Waals surface area contributed by atoms with Crippen LogP contribution in [-0.2, 0) is 9.59 Å². The third-order valence-electron chi connectivity index (χ3n) is 6.32. The first-order chi connectivity index (χ1) is 16.6. The summed E-state index contributed by atoms with van der Waals surface area (Å²) in [5.41, 5.74) is 2.18. The summed E-state index contributed by atoms with van der Waals surface area (Å²) in [5.74, 6) is 0.459. The first-order valence-corrected chi connectivity index (χ1v) is 12.5. The monoisotopic (exact) mass is 479 g/mol. The molecule has 5 rings (SSSR count). The quantitative estimate of drug-likeness (QED) is 0.655. The molecule has 3 heterocycles. The van der Waals surface area contributed by atoms with Gasteiger partial charge in [0, 0.05) is 31.7 Å². The summed E-state index contributed by atoms with van der Waals surface area (Å²) in [6.07, 6.45) is 1.53. The molecule has 0 aliphatic carbocycles. The summed E-state index contributed by atoms with van der Waals surface area (Å²) < 4.78 is 14.1. The Balaban J connectivity index is 1.27. The lowest BCUT2D eigenvalue weighted by Gasteiger charge is -2.36. The van der Waals surface area contributed by atoms with Crippen molar-refractivity contribution in [3.8, 4) is 0 Å². The van der Waals surface area contributed by atoms with Crippen LogP contribution in [0.4, 0.5) is 15.8 Å². The number of carbonyl (C=O) groups excluding carboxylic acids is 2. The fraction of sp³-hybridized carbons (Fsp3) is 0.360. The van der Waals surface area contributed by atoms with Crippen molar-refractivity contribution in [2.24, 2.45) is 9.98 Å². The fourth-order valence-corrected chi connectivity index (χ4v) is 5.52. The molecule has 0 bridgehead atoms. The number of fused-ring (bicyclic) bond motifs is 3. The molecule has 2 aromatic rings. The number of piperazine rings is 1. The van der Waals surface area contributed by atoms with Crippen LogP contribution >= 0.6 is 11.8 Å². The second-order valence-corrected chi connectivity index (χ2v) is 9.41. The molecular formula is C25H26FN5O2S. The maximum atomic E-state index is 14.1. The zero-order chi connectivity index (χ0) is 23.7. The van der Waals surface area contributed by atoms with E-state index in [-0.39, 0.29) is 29.4 Å². The van der Waals surface area contributed by atoms with E-state index >= 15 is 0 Å². The SMILES string of the molecule is CCCC1C(=O)N=C2c3ccccc3N=C(SCC(=O)N3CCN(c4ccccc4F)CC3)N21. The van der Waals surface area contributed by atoms with Crippen molar-refractivity contribution in [3.63, 3.8) is 0 Å². The molecule has 1 saturated heterocycles. The summed E-state index contributed by atoms with van der Waals surface area (Å²) in [6.45, 7) is 4.29. The predicted molar refractivity (Wildman–Crippen MR) is 133 cm³/mol. The van der Waals surface area contributed by atoms with Gasteiger partial charge in [-0.15, -0.1) is 0 Å². The smallest absolute Gasteiger partial charge is 0.270 e. The molecule has 3 aliphatic heterocycles. The van der Waals surface area contributed by atoms with E-state index in [4.69, 9.17) is 4.99 Å². The van der Waals surface area contributed by atoms with Gasteiger partial charge < -0.3 is 9.80 Å². The van der Waals surface area contributed by atoms with Crippen molar-refractivity contribution in [1.29, 1.82) is 0 Å². The number of nitrogens with zero attached hydrogens (tertiary/aromatic N) is 5. The minimum atomic E-state index is -0.376. The van der Waals surface area contributed by atoms with Gasteiger partial charge in [0.25, 0.3) is 5.91 Å². The number of thioether (sulfide) groups is 1. The van der Waals surface area contributed by atoms with Crippen LogP contribution in [0.15, 0.2) is 58.5 Å². The second-order valence-electron chi connectivity index (χ2n) is 8.47. The lowest BCUT2D eigenvalue weighted by atomic mass is 10.1. The molecule has 2 amide bonds. The Hall–Kier alpha value is -3.20. The molecule has 176 valence electrons. The Labute approximate surface area is 202 Å². The third kappa shape index (κ3) is 4.20. The van der Waals surface area contributed by atoms with E-state index in [9.17, 15) is 14.0 Å². The van der Waals surface area contributed by atoms with Crippen molar-refractivity contribution in [1.82, 2.24) is 9.80 Å². The van der Waals surface area contributed by atoms with Gasteiger partial charge in [-0.1, -0.05) is 49.4 Å². The van der Waals surface area contributed by atoms with E-state index in [2.05, 4.69) is 4.99 Å². The normalized spacial score (nSPS) is 19.5. The summed E-state index contributed by atoms with van der Waals surface area (Å²) in [6, 6.07) is 14.0. The topological polar surface area (TPSA) is 68.6 Å². The van der Waals surface area contributed by atoms with Crippen LogP contribution < -0.4 is 4.90 Å². The number of halogens is 1. The van der Waals surface area contributed by atoms with Crippen molar-refractivity contribution in [2.45, 2.75) is 25.8 Å². The summed E-state index contributed by atoms with van der Waals surface area (Å²) in [7, 11) is 0. The van der Waals surface area contributed by atoms with E-state index in [1.165, 1.54) is 17.8 Å². The maximum absolute atomic E-state index is 14.1. The average molecular weight is 480 g/mol. The van der Waals surface area contributed by atoms with Gasteiger partial charge in [-0.2, -0.15) is 4.99 Å². The number of aliphatic imine (C=N–C) groups is 2. The largest absolute Gasteiger partial charge is 0.366 e. The lowest BCUT2D eigenvalue weighted by Crippen LogP contribution is -2.50. The van der Waals surface area contributed by atoms with E-state index in [0.717, 1.165) is 17.7 Å². The Bertz CT molecular complexity index is 1180. The number of para-hydroxylation sites is 2. The molecule has 0 aromatic heterocycles. The van der Waals surface area contributed by atoms with Gasteiger partial charge in [0.2, 0.25) is 5.91 Å². The Morgan fingerprint density at radius 3 is 2.56 bits per heavy atom. The highest BCUT2D eigenvalue weighted by molar-refractivity contribution is 8.14. The van der Waals surface area contributed by atoms with Gasteiger partial charge in [0.1, 0.15) is 17.7 Å². The minimum Gasteiger partial charge on any atom is -0.366 e. The third-order valence-corrected chi connectivity index (χ3v) is 7.26. The van der Waals surface area contributed by atoms with Gasteiger partial charge in [0.15, 0.2) is 5.17 Å². The number of hydrogen-bond donors (Lipinski definition) is 0. The molecule has 1 unspecified atom stereocenters. The van der Waals surface area contributed by atoms with Crippen LogP contribution in [0.25, 0.3) is 0 Å². The summed E-state index contributed by atoms with van der Waals surface area (Å²) in [5, 5.41) is 0.639. The molecule has 0 spiro atoms. The standard InChI is InChI=1S/C25H26FN5O2S/c1-2-7-21-24(33)28-23-17-8-3-5-10-19(17)27-25(31(21)23)34-16-22(32)30-14-12-29(13-15-30)20-11-6-4-9-18(20)26/h3-6,8-11,21H,2,7,12-16H2,1H3. The van der Waals surface area contributed by atoms with Crippen molar-refractivity contribution in [3.05, 3.63) is 59.9 Å². The molecular weight excluding hydrogens is 453 g/mol. The molecule has 0 N–H and O–H groups in total. The van der Waals surface area contributed by atoms with E-state index in [1.807, 2.05) is 52.0 Å². The first-order valence-electron chi connectivity index (χ1n) is 11.6. The van der Waals surface area contributed by atoms with E-state index in [1.54, 1.807) is 12.1 Å². The molecule has 1 atom stereocenters. The van der Waals surface area contributed by atoms with Crippen molar-refractivity contribution < 1.29 is 14.0 Å². The van der Waals surface area contributed by atoms with Gasteiger partial charge in [0.05, 0.1) is 17.1 Å². The molecule has 7 nitrogen and oxygen atoms in total. The average Bonchev–Trinajstić information content (AvgIpc) is 3.19. The van der Waals surface area contributed by atoms with Crippen molar-refractivity contribution in [2.75, 3.05) is 36.8 Å². The summed E-state index contributed by atoms with van der Waals surface area (Å²) >= 11 is 1.35.